The first kappa shape index (κ1) is 15.7. The van der Waals surface area contributed by atoms with Crippen molar-refractivity contribution < 1.29 is 20.0 Å². The highest BCUT2D eigenvalue weighted by Crippen LogP contribution is 2.39. The Kier molecular flexibility index (Phi) is 5.56. The third-order valence-corrected chi connectivity index (χ3v) is 6.99. The van der Waals surface area contributed by atoms with E-state index in [1.54, 1.807) is 0 Å². The van der Waals surface area contributed by atoms with Gasteiger partial charge in [-0.05, 0) is 25.7 Å². The minimum absolute atomic E-state index is 0.0173. The Hall–Kier alpha value is 1.30. The SMILES string of the molecule is OC1(OOC2(O)CCCCC2I)CCCCC1I. The minimum atomic E-state index is -1.25. The Morgan fingerprint density at radius 2 is 1.17 bits per heavy atom. The molecular formula is C12H20I2O4. The maximum Gasteiger partial charge on any atom is 0.211 e. The molecule has 4 nitrogen and oxygen atoms in total. The van der Waals surface area contributed by atoms with Crippen molar-refractivity contribution in [1.29, 1.82) is 0 Å². The van der Waals surface area contributed by atoms with Crippen LogP contribution in [0.4, 0.5) is 0 Å². The summed E-state index contributed by atoms with van der Waals surface area (Å²) in [5.74, 6) is -2.50. The summed E-state index contributed by atoms with van der Waals surface area (Å²) in [5.41, 5.74) is 0. The van der Waals surface area contributed by atoms with Crippen LogP contribution in [0.5, 0.6) is 0 Å². The van der Waals surface area contributed by atoms with Crippen LogP contribution >= 0.6 is 45.2 Å². The summed E-state index contributed by atoms with van der Waals surface area (Å²) < 4.78 is 0.0346. The van der Waals surface area contributed by atoms with Gasteiger partial charge >= 0.3 is 0 Å². The van der Waals surface area contributed by atoms with Gasteiger partial charge in [-0.3, -0.25) is 0 Å². The van der Waals surface area contributed by atoms with Crippen LogP contribution < -0.4 is 0 Å². The zero-order valence-electron chi connectivity index (χ0n) is 10.3. The van der Waals surface area contributed by atoms with Crippen LogP contribution in [0.15, 0.2) is 0 Å². The Morgan fingerprint density at radius 1 is 0.778 bits per heavy atom. The fourth-order valence-corrected chi connectivity index (χ4v) is 4.21. The van der Waals surface area contributed by atoms with Gasteiger partial charge in [0.25, 0.3) is 0 Å². The van der Waals surface area contributed by atoms with Gasteiger partial charge in [-0.15, -0.1) is 0 Å². The van der Waals surface area contributed by atoms with E-state index in [0.717, 1.165) is 38.5 Å². The molecule has 0 bridgehead atoms. The summed E-state index contributed by atoms with van der Waals surface area (Å²) in [4.78, 5) is 10.6. The lowest BCUT2D eigenvalue weighted by atomic mass is 9.94. The number of rotatable bonds is 3. The van der Waals surface area contributed by atoms with Gasteiger partial charge in [0, 0.05) is 12.8 Å². The summed E-state index contributed by atoms with van der Waals surface area (Å²) in [6.07, 6.45) is 7.08. The Labute approximate surface area is 135 Å². The van der Waals surface area contributed by atoms with Crippen molar-refractivity contribution in [3.63, 3.8) is 0 Å². The Bertz CT molecular complexity index is 263. The molecule has 0 spiro atoms. The lowest BCUT2D eigenvalue weighted by Crippen LogP contribution is -2.50. The standard InChI is InChI=1S/C12H20I2O4/c13-9-5-1-3-7-11(9,15)17-18-12(16)8-4-2-6-10(12)14/h9-10,15-16H,1-8H2. The fraction of sp³-hybridized carbons (Fsp3) is 1.00. The molecule has 18 heavy (non-hydrogen) atoms. The number of hydrogen-bond donors (Lipinski definition) is 2. The van der Waals surface area contributed by atoms with Crippen molar-refractivity contribution >= 4 is 45.2 Å². The van der Waals surface area contributed by atoms with Crippen molar-refractivity contribution in [1.82, 2.24) is 0 Å². The summed E-state index contributed by atoms with van der Waals surface area (Å²) >= 11 is 4.40. The maximum absolute atomic E-state index is 10.4. The van der Waals surface area contributed by atoms with Gasteiger partial charge in [0.1, 0.15) is 0 Å². The topological polar surface area (TPSA) is 58.9 Å². The van der Waals surface area contributed by atoms with Crippen molar-refractivity contribution in [2.45, 2.75) is 70.8 Å². The van der Waals surface area contributed by atoms with Gasteiger partial charge in [-0.25, -0.2) is 0 Å². The third kappa shape index (κ3) is 3.49. The van der Waals surface area contributed by atoms with Crippen molar-refractivity contribution in [3.05, 3.63) is 0 Å². The molecule has 2 saturated carbocycles. The van der Waals surface area contributed by atoms with Gasteiger partial charge in [0.15, 0.2) is 0 Å². The molecule has 2 fully saturated rings. The first-order valence-electron chi connectivity index (χ1n) is 6.56. The van der Waals surface area contributed by atoms with Crippen LogP contribution in [0.3, 0.4) is 0 Å². The van der Waals surface area contributed by atoms with E-state index in [2.05, 4.69) is 45.2 Å². The lowest BCUT2D eigenvalue weighted by Gasteiger charge is -2.40. The van der Waals surface area contributed by atoms with E-state index in [1.165, 1.54) is 0 Å². The summed E-state index contributed by atoms with van der Waals surface area (Å²) in [6, 6.07) is 0. The highest BCUT2D eigenvalue weighted by Gasteiger charge is 2.45. The number of hydrogen-bond acceptors (Lipinski definition) is 4. The van der Waals surface area contributed by atoms with Gasteiger partial charge in [-0.2, -0.15) is 9.78 Å². The van der Waals surface area contributed by atoms with Gasteiger partial charge < -0.3 is 10.2 Å². The molecule has 4 atom stereocenters. The number of aliphatic hydroxyl groups is 2. The van der Waals surface area contributed by atoms with Gasteiger partial charge in [-0.1, -0.05) is 58.0 Å². The second-order valence-corrected chi connectivity index (χ2v) is 8.29. The van der Waals surface area contributed by atoms with E-state index >= 15 is 0 Å². The molecule has 106 valence electrons. The normalized spacial score (nSPS) is 46.0. The van der Waals surface area contributed by atoms with E-state index in [-0.39, 0.29) is 7.85 Å². The van der Waals surface area contributed by atoms with Crippen LogP contribution in [0, 0.1) is 0 Å². The molecule has 2 rings (SSSR count). The second kappa shape index (κ2) is 6.38. The lowest BCUT2D eigenvalue weighted by molar-refractivity contribution is -0.496. The van der Waals surface area contributed by atoms with Crippen LogP contribution in [-0.2, 0) is 9.78 Å². The van der Waals surface area contributed by atoms with E-state index in [9.17, 15) is 10.2 Å². The van der Waals surface area contributed by atoms with Crippen molar-refractivity contribution in [2.24, 2.45) is 0 Å². The fourth-order valence-electron chi connectivity index (χ4n) is 2.50. The predicted molar refractivity (Wildman–Crippen MR) is 84.6 cm³/mol. The second-order valence-electron chi connectivity index (χ2n) is 5.28. The van der Waals surface area contributed by atoms with Crippen LogP contribution in [0.2, 0.25) is 0 Å². The van der Waals surface area contributed by atoms with E-state index in [0.29, 0.717) is 12.8 Å². The zero-order chi connectivity index (χ0) is 13.2. The monoisotopic (exact) mass is 482 g/mol. The third-order valence-electron chi connectivity index (χ3n) is 3.79. The molecule has 2 aliphatic carbocycles. The molecule has 2 N–H and O–H groups in total. The molecule has 0 aromatic rings. The molecule has 2 aliphatic rings. The van der Waals surface area contributed by atoms with E-state index in [4.69, 9.17) is 9.78 Å². The molecule has 0 amide bonds. The molecular weight excluding hydrogens is 462 g/mol. The average molecular weight is 482 g/mol. The number of halogens is 2. The average Bonchev–Trinajstić information content (AvgIpc) is 2.35. The van der Waals surface area contributed by atoms with E-state index in [1.807, 2.05) is 0 Å². The first-order chi connectivity index (χ1) is 8.46. The summed E-state index contributed by atoms with van der Waals surface area (Å²) in [6.45, 7) is 0. The molecule has 0 heterocycles. The van der Waals surface area contributed by atoms with Crippen molar-refractivity contribution in [2.75, 3.05) is 0 Å². The Balaban J connectivity index is 1.93. The molecule has 0 saturated heterocycles. The minimum Gasteiger partial charge on any atom is -0.362 e. The summed E-state index contributed by atoms with van der Waals surface area (Å²) in [5, 5.41) is 20.8. The Morgan fingerprint density at radius 3 is 1.50 bits per heavy atom. The largest absolute Gasteiger partial charge is 0.362 e. The summed E-state index contributed by atoms with van der Waals surface area (Å²) in [7, 11) is 0. The maximum atomic E-state index is 10.4. The molecule has 4 unspecified atom stereocenters. The van der Waals surface area contributed by atoms with Crippen LogP contribution in [-0.4, -0.2) is 29.6 Å². The molecule has 0 aromatic heterocycles. The smallest absolute Gasteiger partial charge is 0.211 e. The van der Waals surface area contributed by atoms with Crippen molar-refractivity contribution in [3.8, 4) is 0 Å². The van der Waals surface area contributed by atoms with Crippen LogP contribution in [0.25, 0.3) is 0 Å². The quantitative estimate of drug-likeness (QED) is 0.214. The predicted octanol–water partition coefficient (Wildman–Crippen LogP) is 3.07. The highest BCUT2D eigenvalue weighted by molar-refractivity contribution is 14.1. The van der Waals surface area contributed by atoms with Gasteiger partial charge in [0.2, 0.25) is 11.6 Å². The van der Waals surface area contributed by atoms with Gasteiger partial charge in [0.05, 0.1) is 7.85 Å². The molecule has 6 heteroatoms. The first-order valence-corrected chi connectivity index (χ1v) is 9.05. The van der Waals surface area contributed by atoms with Crippen LogP contribution in [0.1, 0.15) is 51.4 Å². The highest BCUT2D eigenvalue weighted by atomic mass is 127. The molecule has 0 radical (unpaired) electrons. The molecule has 0 aliphatic heterocycles. The van der Waals surface area contributed by atoms with E-state index < -0.39 is 11.6 Å². The zero-order valence-corrected chi connectivity index (χ0v) is 14.6. The molecule has 0 aromatic carbocycles. The number of alkyl halides is 2.